The number of nitrogens with two attached hydrogens (primary N) is 2. The van der Waals surface area contributed by atoms with Crippen LogP contribution in [0.4, 0.5) is 11.4 Å². The lowest BCUT2D eigenvalue weighted by Crippen LogP contribution is -2.18. The first-order valence-corrected chi connectivity index (χ1v) is 7.25. The Balaban J connectivity index is 3.32. The molecule has 0 aliphatic carbocycles. The normalized spacial score (nSPS) is 11.3. The van der Waals surface area contributed by atoms with Gasteiger partial charge in [0.1, 0.15) is 4.90 Å². The molecule has 0 spiro atoms. The Morgan fingerprint density at radius 1 is 1.42 bits per heavy atom. The number of carboxylic acid groups (broad SMARTS) is 1. The third-order valence-corrected chi connectivity index (χ3v) is 3.45. The summed E-state index contributed by atoms with van der Waals surface area (Å²) in [6, 6.07) is 2.20. The van der Waals surface area contributed by atoms with E-state index in [1.807, 2.05) is 6.92 Å². The van der Waals surface area contributed by atoms with Crippen molar-refractivity contribution in [1.82, 2.24) is 0 Å². The second-order valence-corrected chi connectivity index (χ2v) is 5.60. The van der Waals surface area contributed by atoms with Gasteiger partial charge in [-0.3, -0.25) is 0 Å². The molecule has 0 aliphatic rings. The van der Waals surface area contributed by atoms with E-state index in [0.717, 1.165) is 18.9 Å². The van der Waals surface area contributed by atoms with E-state index >= 15 is 0 Å². The van der Waals surface area contributed by atoms with Gasteiger partial charge in [-0.1, -0.05) is 13.3 Å². The van der Waals surface area contributed by atoms with Gasteiger partial charge < -0.3 is 16.2 Å². The minimum absolute atomic E-state index is 0.0417. The number of hydrogen-bond acceptors (Lipinski definition) is 5. The summed E-state index contributed by atoms with van der Waals surface area (Å²) in [5.41, 5.74) is 5.67. The number of carbonyl (C=O) groups is 1. The van der Waals surface area contributed by atoms with E-state index in [0.29, 0.717) is 6.54 Å². The van der Waals surface area contributed by atoms with Gasteiger partial charge in [0.2, 0.25) is 10.0 Å². The van der Waals surface area contributed by atoms with Gasteiger partial charge >= 0.3 is 5.97 Å². The smallest absolute Gasteiger partial charge is 0.335 e. The van der Waals surface area contributed by atoms with E-state index in [1.165, 1.54) is 6.07 Å². The molecule has 0 saturated heterocycles. The van der Waals surface area contributed by atoms with E-state index in [2.05, 4.69) is 5.32 Å². The number of hydrogen-bond donors (Lipinski definition) is 4. The minimum Gasteiger partial charge on any atom is -0.478 e. The van der Waals surface area contributed by atoms with Crippen molar-refractivity contribution in [1.29, 1.82) is 0 Å². The molecule has 0 atom stereocenters. The molecule has 1 aromatic rings. The van der Waals surface area contributed by atoms with Crippen molar-refractivity contribution in [3.63, 3.8) is 0 Å². The molecule has 0 radical (unpaired) electrons. The van der Waals surface area contributed by atoms with Gasteiger partial charge in [-0.05, 0) is 18.6 Å². The topological polar surface area (TPSA) is 136 Å². The molecule has 0 unspecified atom stereocenters. The van der Waals surface area contributed by atoms with Crippen molar-refractivity contribution in [3.8, 4) is 0 Å². The average Bonchev–Trinajstić information content (AvgIpc) is 2.29. The fourth-order valence-corrected chi connectivity index (χ4v) is 2.33. The predicted molar refractivity (Wildman–Crippen MR) is 72.6 cm³/mol. The summed E-state index contributed by atoms with van der Waals surface area (Å²) >= 11 is 0. The van der Waals surface area contributed by atoms with Crippen LogP contribution in [0.3, 0.4) is 0 Å². The van der Waals surface area contributed by atoms with Gasteiger partial charge in [-0.15, -0.1) is 0 Å². The maximum absolute atomic E-state index is 11.5. The number of nitrogens with one attached hydrogen (secondary N) is 1. The number of aromatic carboxylic acids is 1. The van der Waals surface area contributed by atoms with E-state index in [1.54, 1.807) is 0 Å². The molecule has 1 aromatic carbocycles. The highest BCUT2D eigenvalue weighted by Gasteiger charge is 2.19. The molecular weight excluding hydrogens is 270 g/mol. The third kappa shape index (κ3) is 3.83. The quantitative estimate of drug-likeness (QED) is 0.452. The van der Waals surface area contributed by atoms with Crippen molar-refractivity contribution in [2.75, 3.05) is 17.6 Å². The summed E-state index contributed by atoms with van der Waals surface area (Å²) in [5, 5.41) is 16.9. The summed E-state index contributed by atoms with van der Waals surface area (Å²) in [5.74, 6) is -1.27. The lowest BCUT2D eigenvalue weighted by Gasteiger charge is -2.14. The number of unbranched alkanes of at least 4 members (excludes halogenated alkanes) is 1. The first kappa shape index (κ1) is 15.3. The third-order valence-electron chi connectivity index (χ3n) is 2.52. The van der Waals surface area contributed by atoms with Crippen molar-refractivity contribution in [2.24, 2.45) is 5.14 Å². The molecule has 0 heterocycles. The van der Waals surface area contributed by atoms with Gasteiger partial charge in [0.15, 0.2) is 0 Å². The number of rotatable bonds is 6. The fraction of sp³-hybridized carbons (Fsp3) is 0.364. The highest BCUT2D eigenvalue weighted by atomic mass is 32.2. The molecule has 7 nitrogen and oxygen atoms in total. The second-order valence-electron chi connectivity index (χ2n) is 4.07. The molecule has 0 aromatic heterocycles. The Hall–Kier alpha value is -1.80. The molecule has 6 N–H and O–H groups in total. The van der Waals surface area contributed by atoms with Crippen LogP contribution in [0, 0.1) is 0 Å². The Bertz CT molecular complexity index is 584. The largest absolute Gasteiger partial charge is 0.478 e. The number of nitrogen functional groups attached to an aromatic ring is 1. The van der Waals surface area contributed by atoms with Crippen LogP contribution in [0.25, 0.3) is 0 Å². The zero-order valence-corrected chi connectivity index (χ0v) is 11.3. The summed E-state index contributed by atoms with van der Waals surface area (Å²) in [7, 11) is -4.05. The van der Waals surface area contributed by atoms with Crippen LogP contribution in [-0.4, -0.2) is 26.0 Å². The summed E-state index contributed by atoms with van der Waals surface area (Å²) in [6.45, 7) is 2.51. The van der Waals surface area contributed by atoms with Crippen LogP contribution >= 0.6 is 0 Å². The molecule has 19 heavy (non-hydrogen) atoms. The zero-order chi connectivity index (χ0) is 14.6. The van der Waals surface area contributed by atoms with Crippen LogP contribution in [0.5, 0.6) is 0 Å². The summed E-state index contributed by atoms with van der Waals surface area (Å²) < 4.78 is 23.0. The lowest BCUT2D eigenvalue weighted by atomic mass is 10.1. The fourth-order valence-electron chi connectivity index (χ4n) is 1.56. The Kier molecular flexibility index (Phi) is 4.73. The van der Waals surface area contributed by atoms with Crippen LogP contribution < -0.4 is 16.2 Å². The summed E-state index contributed by atoms with van der Waals surface area (Å²) in [6.07, 6.45) is 1.75. The van der Waals surface area contributed by atoms with Gasteiger partial charge in [-0.2, -0.15) is 0 Å². The first-order valence-electron chi connectivity index (χ1n) is 5.70. The Morgan fingerprint density at radius 3 is 2.53 bits per heavy atom. The average molecular weight is 287 g/mol. The maximum atomic E-state index is 11.5. The van der Waals surface area contributed by atoms with Gasteiger partial charge in [0, 0.05) is 6.54 Å². The van der Waals surface area contributed by atoms with Crippen molar-refractivity contribution in [3.05, 3.63) is 17.7 Å². The number of primary sulfonamides is 1. The lowest BCUT2D eigenvalue weighted by molar-refractivity contribution is 0.0696. The van der Waals surface area contributed by atoms with E-state index in [4.69, 9.17) is 16.0 Å². The molecule has 1 rings (SSSR count). The zero-order valence-electron chi connectivity index (χ0n) is 10.5. The van der Waals surface area contributed by atoms with E-state index in [-0.39, 0.29) is 21.8 Å². The Labute approximate surface area is 111 Å². The monoisotopic (exact) mass is 287 g/mol. The predicted octanol–water partition coefficient (Wildman–Crippen LogP) is 0.826. The van der Waals surface area contributed by atoms with Crippen molar-refractivity contribution >= 4 is 27.4 Å². The number of benzene rings is 1. The molecule has 0 fully saturated rings. The maximum Gasteiger partial charge on any atom is 0.335 e. The van der Waals surface area contributed by atoms with E-state index < -0.39 is 16.0 Å². The molecule has 0 aliphatic heterocycles. The SMILES string of the molecule is CCCCNc1c(N)cc(C(=O)O)cc1S(N)(=O)=O. The Morgan fingerprint density at radius 2 is 2.05 bits per heavy atom. The van der Waals surface area contributed by atoms with Gasteiger partial charge in [-0.25, -0.2) is 18.4 Å². The van der Waals surface area contributed by atoms with Gasteiger partial charge in [0.05, 0.1) is 16.9 Å². The standard InChI is InChI=1S/C11H17N3O4S/c1-2-3-4-14-10-8(12)5-7(11(15)16)6-9(10)19(13,17)18/h5-6,14H,2-4,12H2,1H3,(H,15,16)(H2,13,17,18). The minimum atomic E-state index is -4.05. The van der Waals surface area contributed by atoms with E-state index in [9.17, 15) is 13.2 Å². The summed E-state index contributed by atoms with van der Waals surface area (Å²) in [4.78, 5) is 10.6. The second kappa shape index (κ2) is 5.89. The molecule has 0 saturated carbocycles. The van der Waals surface area contributed by atoms with Crippen molar-refractivity contribution < 1.29 is 18.3 Å². The molecule has 0 bridgehead atoms. The van der Waals surface area contributed by atoms with Crippen LogP contribution in [0.2, 0.25) is 0 Å². The molecule has 0 amide bonds. The number of carboxylic acids is 1. The van der Waals surface area contributed by atoms with Crippen LogP contribution in [0.1, 0.15) is 30.1 Å². The number of sulfonamides is 1. The number of anilines is 2. The first-order chi connectivity index (χ1) is 8.77. The van der Waals surface area contributed by atoms with Crippen molar-refractivity contribution in [2.45, 2.75) is 24.7 Å². The van der Waals surface area contributed by atoms with Gasteiger partial charge in [0.25, 0.3) is 0 Å². The van der Waals surface area contributed by atoms with Crippen LogP contribution in [-0.2, 0) is 10.0 Å². The molecule has 8 heteroatoms. The molecular formula is C11H17N3O4S. The highest BCUT2D eigenvalue weighted by Crippen LogP contribution is 2.29. The van der Waals surface area contributed by atoms with Crippen LogP contribution in [0.15, 0.2) is 17.0 Å². The highest BCUT2D eigenvalue weighted by molar-refractivity contribution is 7.89. The molecule has 106 valence electrons.